The number of nitrogens with one attached hydrogen (secondary N) is 2. The molecule has 0 aliphatic carbocycles. The third-order valence-corrected chi connectivity index (χ3v) is 5.25. The minimum absolute atomic E-state index is 0.454. The van der Waals surface area contributed by atoms with Crippen LogP contribution in [0, 0.1) is 0 Å². The molecule has 1 heterocycles. The summed E-state index contributed by atoms with van der Waals surface area (Å²) in [6.45, 7) is 5.04. The predicted molar refractivity (Wildman–Crippen MR) is 114 cm³/mol. The number of carbonyl (C=O) groups excluding carboxylic acids is 2. The summed E-state index contributed by atoms with van der Waals surface area (Å²) in [5.41, 5.74) is 3.36. The van der Waals surface area contributed by atoms with E-state index in [4.69, 9.17) is 5.21 Å². The normalized spacial score (nSPS) is 15.5. The second-order valence-corrected chi connectivity index (χ2v) is 7.90. The lowest BCUT2D eigenvalue weighted by atomic mass is 9.98. The smallest absolute Gasteiger partial charge is 0.318 e. The molecule has 0 unspecified atom stereocenters. The highest BCUT2D eigenvalue weighted by Gasteiger charge is 2.36. The number of aliphatic hydroxyl groups is 1. The van der Waals surface area contributed by atoms with E-state index in [-0.39, 0.29) is 0 Å². The van der Waals surface area contributed by atoms with Gasteiger partial charge in [0.1, 0.15) is 6.04 Å². The molecular weight excluding hydrogens is 384 g/mol. The van der Waals surface area contributed by atoms with Crippen molar-refractivity contribution in [2.75, 3.05) is 31.1 Å². The second-order valence-electron chi connectivity index (χ2n) is 7.90. The van der Waals surface area contributed by atoms with Crippen LogP contribution in [0.1, 0.15) is 13.8 Å². The number of piperazine rings is 1. The molecule has 8 nitrogen and oxygen atoms in total. The van der Waals surface area contributed by atoms with Crippen LogP contribution in [0.3, 0.4) is 0 Å². The van der Waals surface area contributed by atoms with Gasteiger partial charge in [0.2, 0.25) is 0 Å². The Balaban J connectivity index is 1.58. The van der Waals surface area contributed by atoms with Crippen molar-refractivity contribution in [2.24, 2.45) is 0 Å². The number of hydrogen-bond acceptors (Lipinski definition) is 5. The fourth-order valence-electron chi connectivity index (χ4n) is 3.51. The summed E-state index contributed by atoms with van der Waals surface area (Å²) in [6, 6.07) is 16.8. The van der Waals surface area contributed by atoms with Crippen LogP contribution in [0.2, 0.25) is 0 Å². The van der Waals surface area contributed by atoms with Gasteiger partial charge < -0.3 is 20.2 Å². The van der Waals surface area contributed by atoms with Crippen LogP contribution < -0.4 is 15.7 Å². The summed E-state index contributed by atoms with van der Waals surface area (Å²) in [4.78, 5) is 28.1. The minimum Gasteiger partial charge on any atom is -0.388 e. The fraction of sp³-hybridized carbons (Fsp3) is 0.364. The molecule has 0 spiro atoms. The molecule has 0 saturated carbocycles. The van der Waals surface area contributed by atoms with E-state index in [0.29, 0.717) is 26.2 Å². The number of rotatable bonds is 5. The lowest BCUT2D eigenvalue weighted by molar-refractivity contribution is -0.136. The lowest BCUT2D eigenvalue weighted by Crippen LogP contribution is -2.61. The van der Waals surface area contributed by atoms with Crippen molar-refractivity contribution in [3.63, 3.8) is 0 Å². The van der Waals surface area contributed by atoms with Crippen molar-refractivity contribution in [2.45, 2.75) is 25.5 Å². The largest absolute Gasteiger partial charge is 0.388 e. The molecule has 1 fully saturated rings. The van der Waals surface area contributed by atoms with E-state index in [2.05, 4.69) is 46.6 Å². The van der Waals surface area contributed by atoms with Crippen LogP contribution >= 0.6 is 0 Å². The molecule has 2 aromatic rings. The standard InChI is InChI=1S/C22H28N4O4/c1-22(2,29)19(20(27)24-30)23-21(28)26-14-12-25(13-15-26)18-10-8-17(9-11-18)16-6-4-3-5-7-16/h3-11,19,29-30H,12-15H2,1-2H3,(H,23,28)(H,24,27)/t19-/m0/s1. The Morgan fingerprint density at radius 1 is 0.933 bits per heavy atom. The molecule has 3 rings (SSSR count). The third kappa shape index (κ3) is 5.08. The average Bonchev–Trinajstić information content (AvgIpc) is 2.77. The zero-order chi connectivity index (χ0) is 21.7. The van der Waals surface area contributed by atoms with E-state index >= 15 is 0 Å². The maximum Gasteiger partial charge on any atom is 0.318 e. The van der Waals surface area contributed by atoms with E-state index in [1.807, 2.05) is 18.2 Å². The highest BCUT2D eigenvalue weighted by atomic mass is 16.5. The van der Waals surface area contributed by atoms with Crippen LogP contribution in [-0.2, 0) is 4.79 Å². The third-order valence-electron chi connectivity index (χ3n) is 5.25. The van der Waals surface area contributed by atoms with E-state index in [1.54, 1.807) is 4.90 Å². The van der Waals surface area contributed by atoms with Crippen LogP contribution in [-0.4, -0.2) is 65.0 Å². The molecular formula is C22H28N4O4. The summed E-state index contributed by atoms with van der Waals surface area (Å²) in [5, 5.41) is 21.5. The zero-order valence-corrected chi connectivity index (χ0v) is 17.2. The topological polar surface area (TPSA) is 105 Å². The monoisotopic (exact) mass is 412 g/mol. The summed E-state index contributed by atoms with van der Waals surface area (Å²) < 4.78 is 0. The second kappa shape index (κ2) is 9.15. The number of hydrogen-bond donors (Lipinski definition) is 4. The van der Waals surface area contributed by atoms with Crippen LogP contribution in [0.5, 0.6) is 0 Å². The molecule has 0 aromatic heterocycles. The Bertz CT molecular complexity index is 857. The number of urea groups is 1. The van der Waals surface area contributed by atoms with Crippen LogP contribution in [0.4, 0.5) is 10.5 Å². The van der Waals surface area contributed by atoms with Gasteiger partial charge in [-0.1, -0.05) is 42.5 Å². The molecule has 0 radical (unpaired) electrons. The van der Waals surface area contributed by atoms with E-state index in [0.717, 1.165) is 11.3 Å². The summed E-state index contributed by atoms with van der Waals surface area (Å²) in [5.74, 6) is -0.868. The van der Waals surface area contributed by atoms with Gasteiger partial charge in [-0.3, -0.25) is 10.0 Å². The maximum atomic E-state index is 12.5. The molecule has 160 valence electrons. The first-order chi connectivity index (χ1) is 14.3. The van der Waals surface area contributed by atoms with Gasteiger partial charge in [-0.05, 0) is 37.1 Å². The van der Waals surface area contributed by atoms with E-state index in [1.165, 1.54) is 24.9 Å². The van der Waals surface area contributed by atoms with Crippen molar-refractivity contribution >= 4 is 17.6 Å². The highest BCUT2D eigenvalue weighted by Crippen LogP contribution is 2.24. The number of carbonyl (C=O) groups is 2. The van der Waals surface area contributed by atoms with Gasteiger partial charge >= 0.3 is 6.03 Å². The molecule has 1 aliphatic heterocycles. The van der Waals surface area contributed by atoms with Gasteiger partial charge in [-0.2, -0.15) is 0 Å². The van der Waals surface area contributed by atoms with Crippen LogP contribution in [0.25, 0.3) is 11.1 Å². The van der Waals surface area contributed by atoms with Crippen molar-refractivity contribution < 1.29 is 19.9 Å². The van der Waals surface area contributed by atoms with Gasteiger partial charge in [-0.15, -0.1) is 0 Å². The zero-order valence-electron chi connectivity index (χ0n) is 17.2. The number of amides is 3. The molecule has 4 N–H and O–H groups in total. The lowest BCUT2D eigenvalue weighted by Gasteiger charge is -2.37. The van der Waals surface area contributed by atoms with Gasteiger partial charge in [0.05, 0.1) is 5.60 Å². The fourth-order valence-corrected chi connectivity index (χ4v) is 3.51. The Hall–Kier alpha value is -3.10. The molecule has 1 saturated heterocycles. The Morgan fingerprint density at radius 2 is 1.50 bits per heavy atom. The highest BCUT2D eigenvalue weighted by molar-refractivity contribution is 5.87. The van der Waals surface area contributed by atoms with Crippen LogP contribution in [0.15, 0.2) is 54.6 Å². The average molecular weight is 412 g/mol. The van der Waals surface area contributed by atoms with E-state index < -0.39 is 23.6 Å². The first kappa shape index (κ1) is 21.6. The first-order valence-corrected chi connectivity index (χ1v) is 9.92. The van der Waals surface area contributed by atoms with Crippen molar-refractivity contribution in [1.82, 2.24) is 15.7 Å². The summed E-state index contributed by atoms with van der Waals surface area (Å²) >= 11 is 0. The quantitative estimate of drug-likeness (QED) is 0.443. The molecule has 2 aromatic carbocycles. The van der Waals surface area contributed by atoms with Crippen molar-refractivity contribution in [1.29, 1.82) is 0 Å². The maximum absolute atomic E-state index is 12.5. The molecule has 1 aliphatic rings. The SMILES string of the molecule is CC(C)(O)[C@@H](NC(=O)N1CCN(c2ccc(-c3ccccc3)cc2)CC1)C(=O)NO. The number of benzene rings is 2. The van der Waals surface area contributed by atoms with Gasteiger partial charge in [0, 0.05) is 31.9 Å². The van der Waals surface area contributed by atoms with Gasteiger partial charge in [0.15, 0.2) is 0 Å². The van der Waals surface area contributed by atoms with Gasteiger partial charge in [0.25, 0.3) is 5.91 Å². The summed E-state index contributed by atoms with van der Waals surface area (Å²) in [7, 11) is 0. The van der Waals surface area contributed by atoms with E-state index in [9.17, 15) is 14.7 Å². The number of hydroxylamine groups is 1. The Morgan fingerprint density at radius 3 is 2.03 bits per heavy atom. The minimum atomic E-state index is -1.52. The number of anilines is 1. The predicted octanol–water partition coefficient (Wildman–Crippen LogP) is 1.83. The van der Waals surface area contributed by atoms with Gasteiger partial charge in [-0.25, -0.2) is 10.3 Å². The van der Waals surface area contributed by atoms with Crippen molar-refractivity contribution in [3.8, 4) is 11.1 Å². The Labute approximate surface area is 176 Å². The molecule has 8 heteroatoms. The first-order valence-electron chi connectivity index (χ1n) is 9.92. The molecule has 3 amide bonds. The van der Waals surface area contributed by atoms with Crippen molar-refractivity contribution in [3.05, 3.63) is 54.6 Å². The number of nitrogens with zero attached hydrogens (tertiary/aromatic N) is 2. The summed E-state index contributed by atoms with van der Waals surface area (Å²) in [6.07, 6.45) is 0. The molecule has 0 bridgehead atoms. The molecule has 1 atom stereocenters. The molecule has 30 heavy (non-hydrogen) atoms. The Kier molecular flexibility index (Phi) is 6.59.